The average Bonchev–Trinajstić information content (AvgIpc) is 2.29. The van der Waals surface area contributed by atoms with Crippen LogP contribution >= 0.6 is 0 Å². The number of nitrogens with zero attached hydrogens (tertiary/aromatic N) is 1. The molecule has 0 fully saturated rings. The lowest BCUT2D eigenvalue weighted by molar-refractivity contribution is -0.124. The molecular weight excluding hydrogens is 221 g/mol. The largest absolute Gasteiger partial charge is 0.396 e. The van der Waals surface area contributed by atoms with Crippen molar-refractivity contribution in [2.75, 3.05) is 18.6 Å². The van der Waals surface area contributed by atoms with E-state index in [-0.39, 0.29) is 24.1 Å². The molecule has 0 saturated heterocycles. The lowest BCUT2D eigenvalue weighted by Gasteiger charge is -2.25. The predicted octanol–water partition coefficient (Wildman–Crippen LogP) is 2.05. The number of rotatable bonds is 4. The van der Waals surface area contributed by atoms with Gasteiger partial charge >= 0.3 is 0 Å². The highest BCUT2D eigenvalue weighted by Gasteiger charge is 2.26. The van der Waals surface area contributed by atoms with Crippen molar-refractivity contribution in [3.8, 4) is 0 Å². The number of carbonyl (C=O) groups excluding carboxylic acids is 1. The summed E-state index contributed by atoms with van der Waals surface area (Å²) in [5, 5.41) is 9.19. The lowest BCUT2D eigenvalue weighted by Crippen LogP contribution is -2.37. The van der Waals surface area contributed by atoms with Gasteiger partial charge in [-0.15, -0.1) is 0 Å². The van der Waals surface area contributed by atoms with Crippen LogP contribution in [-0.4, -0.2) is 24.7 Å². The summed E-state index contributed by atoms with van der Waals surface area (Å²) in [6.07, 6.45) is 0. The molecule has 17 heavy (non-hydrogen) atoms. The van der Waals surface area contributed by atoms with E-state index in [0.29, 0.717) is 0 Å². The minimum Gasteiger partial charge on any atom is -0.396 e. The van der Waals surface area contributed by atoms with E-state index >= 15 is 0 Å². The van der Waals surface area contributed by atoms with E-state index in [1.165, 1.54) is 18.0 Å². The molecule has 1 aromatic carbocycles. The van der Waals surface area contributed by atoms with E-state index in [1.807, 2.05) is 13.8 Å². The first-order valence-corrected chi connectivity index (χ1v) is 5.62. The van der Waals surface area contributed by atoms with Crippen LogP contribution in [0.3, 0.4) is 0 Å². The third-order valence-electron chi connectivity index (χ3n) is 2.86. The van der Waals surface area contributed by atoms with Gasteiger partial charge in [-0.2, -0.15) is 0 Å². The van der Waals surface area contributed by atoms with E-state index in [9.17, 15) is 14.3 Å². The van der Waals surface area contributed by atoms with Gasteiger partial charge in [-0.25, -0.2) is 4.39 Å². The van der Waals surface area contributed by atoms with Crippen molar-refractivity contribution in [1.82, 2.24) is 0 Å². The highest BCUT2D eigenvalue weighted by Crippen LogP contribution is 2.21. The molecule has 3 nitrogen and oxygen atoms in total. The quantitative estimate of drug-likeness (QED) is 0.873. The van der Waals surface area contributed by atoms with Gasteiger partial charge in [0.1, 0.15) is 5.82 Å². The maximum atomic E-state index is 13.5. The van der Waals surface area contributed by atoms with Gasteiger partial charge in [0.25, 0.3) is 0 Å². The number of hydrogen-bond donors (Lipinski definition) is 1. The molecule has 0 aliphatic rings. The Morgan fingerprint density at radius 3 is 2.47 bits per heavy atom. The second-order valence-corrected chi connectivity index (χ2v) is 4.38. The first-order chi connectivity index (χ1) is 7.99. The summed E-state index contributed by atoms with van der Waals surface area (Å²) in [6.45, 7) is 3.48. The molecule has 1 amide bonds. The number of amides is 1. The molecule has 1 aromatic rings. The second kappa shape index (κ2) is 5.77. The topological polar surface area (TPSA) is 40.5 Å². The summed E-state index contributed by atoms with van der Waals surface area (Å²) < 4.78 is 13.5. The number of halogens is 1. The molecule has 0 spiro atoms. The fourth-order valence-corrected chi connectivity index (χ4v) is 1.67. The Kier molecular flexibility index (Phi) is 4.63. The number of anilines is 1. The van der Waals surface area contributed by atoms with E-state index in [1.54, 1.807) is 18.2 Å². The van der Waals surface area contributed by atoms with Crippen molar-refractivity contribution in [1.29, 1.82) is 0 Å². The first-order valence-electron chi connectivity index (χ1n) is 5.62. The van der Waals surface area contributed by atoms with Gasteiger partial charge < -0.3 is 10.0 Å². The minimum atomic E-state index is -0.500. The van der Waals surface area contributed by atoms with Crippen molar-refractivity contribution in [3.05, 3.63) is 30.1 Å². The van der Waals surface area contributed by atoms with Crippen LogP contribution in [0.4, 0.5) is 10.1 Å². The van der Waals surface area contributed by atoms with Crippen LogP contribution < -0.4 is 4.90 Å². The summed E-state index contributed by atoms with van der Waals surface area (Å²) in [4.78, 5) is 13.3. The number of hydrogen-bond acceptors (Lipinski definition) is 2. The predicted molar refractivity (Wildman–Crippen MR) is 65.2 cm³/mol. The van der Waals surface area contributed by atoms with Crippen molar-refractivity contribution in [2.45, 2.75) is 13.8 Å². The van der Waals surface area contributed by atoms with Crippen molar-refractivity contribution in [3.63, 3.8) is 0 Å². The molecule has 0 bridgehead atoms. The number of para-hydroxylation sites is 1. The van der Waals surface area contributed by atoms with Crippen molar-refractivity contribution >= 4 is 11.6 Å². The first kappa shape index (κ1) is 13.6. The number of carbonyl (C=O) groups is 1. The fourth-order valence-electron chi connectivity index (χ4n) is 1.67. The molecule has 1 atom stereocenters. The fraction of sp³-hybridized carbons (Fsp3) is 0.462. The zero-order chi connectivity index (χ0) is 13.0. The molecule has 1 unspecified atom stereocenters. The van der Waals surface area contributed by atoms with Crippen LogP contribution in [0, 0.1) is 17.7 Å². The van der Waals surface area contributed by atoms with Crippen LogP contribution in [0.5, 0.6) is 0 Å². The Labute approximate surface area is 101 Å². The smallest absolute Gasteiger partial charge is 0.232 e. The molecule has 1 rings (SSSR count). The zero-order valence-corrected chi connectivity index (χ0v) is 10.4. The summed E-state index contributed by atoms with van der Waals surface area (Å²) in [7, 11) is 1.52. The SMILES string of the molecule is CC(C)C(CO)C(=O)N(C)c1ccccc1F. The van der Waals surface area contributed by atoms with E-state index in [0.717, 1.165) is 0 Å². The molecule has 0 saturated carbocycles. The maximum Gasteiger partial charge on any atom is 0.232 e. The summed E-state index contributed by atoms with van der Waals surface area (Å²) >= 11 is 0. The highest BCUT2D eigenvalue weighted by molar-refractivity contribution is 5.94. The van der Waals surface area contributed by atoms with E-state index in [4.69, 9.17) is 0 Å². The molecule has 0 aliphatic carbocycles. The molecule has 0 aliphatic heterocycles. The maximum absolute atomic E-state index is 13.5. The Morgan fingerprint density at radius 1 is 1.41 bits per heavy atom. The standard InChI is InChI=1S/C13H18FNO2/c1-9(2)10(8-16)13(17)15(3)12-7-5-4-6-11(12)14/h4-7,9-10,16H,8H2,1-3H3. The number of aliphatic hydroxyl groups excluding tert-OH is 1. The van der Waals surface area contributed by atoms with Gasteiger partial charge in [0, 0.05) is 7.05 Å². The Balaban J connectivity index is 2.94. The Hall–Kier alpha value is -1.42. The lowest BCUT2D eigenvalue weighted by atomic mass is 9.95. The molecule has 0 heterocycles. The van der Waals surface area contributed by atoms with Gasteiger partial charge in [0.15, 0.2) is 0 Å². The number of benzene rings is 1. The van der Waals surface area contributed by atoms with Crippen molar-refractivity contribution < 1.29 is 14.3 Å². The monoisotopic (exact) mass is 239 g/mol. The van der Waals surface area contributed by atoms with Gasteiger partial charge in [0.2, 0.25) is 5.91 Å². The van der Waals surface area contributed by atoms with Crippen LogP contribution in [0.2, 0.25) is 0 Å². The van der Waals surface area contributed by atoms with Crippen molar-refractivity contribution in [2.24, 2.45) is 11.8 Å². The molecule has 0 aromatic heterocycles. The Bertz CT molecular complexity index is 393. The zero-order valence-electron chi connectivity index (χ0n) is 10.4. The van der Waals surface area contributed by atoms with Gasteiger partial charge in [0.05, 0.1) is 18.2 Å². The molecule has 4 heteroatoms. The average molecular weight is 239 g/mol. The third kappa shape index (κ3) is 3.03. The van der Waals surface area contributed by atoms with Crippen LogP contribution in [0.15, 0.2) is 24.3 Å². The summed E-state index contributed by atoms with van der Waals surface area (Å²) in [6, 6.07) is 6.10. The van der Waals surface area contributed by atoms with Gasteiger partial charge in [-0.05, 0) is 18.1 Å². The van der Waals surface area contributed by atoms with E-state index in [2.05, 4.69) is 0 Å². The molecular formula is C13H18FNO2. The Morgan fingerprint density at radius 2 is 2.00 bits per heavy atom. The molecule has 94 valence electrons. The second-order valence-electron chi connectivity index (χ2n) is 4.38. The molecule has 0 radical (unpaired) electrons. The molecule has 1 N–H and O–H groups in total. The normalized spacial score (nSPS) is 12.6. The number of aliphatic hydroxyl groups is 1. The van der Waals surface area contributed by atoms with Crippen LogP contribution in [0.25, 0.3) is 0 Å². The highest BCUT2D eigenvalue weighted by atomic mass is 19.1. The van der Waals surface area contributed by atoms with Crippen LogP contribution in [0.1, 0.15) is 13.8 Å². The van der Waals surface area contributed by atoms with Gasteiger partial charge in [-0.1, -0.05) is 26.0 Å². The van der Waals surface area contributed by atoms with Gasteiger partial charge in [-0.3, -0.25) is 4.79 Å². The summed E-state index contributed by atoms with van der Waals surface area (Å²) in [5.41, 5.74) is 0.233. The van der Waals surface area contributed by atoms with E-state index < -0.39 is 11.7 Å². The summed E-state index contributed by atoms with van der Waals surface area (Å²) in [5.74, 6) is -1.20. The van der Waals surface area contributed by atoms with Crippen LogP contribution in [-0.2, 0) is 4.79 Å². The third-order valence-corrected chi connectivity index (χ3v) is 2.86. The minimum absolute atomic E-state index is 0.0155.